The molecule has 0 fully saturated rings. The first-order valence-electron chi connectivity index (χ1n) is 3.96. The Kier molecular flexibility index (Phi) is 3.04. The van der Waals surface area contributed by atoms with Crippen molar-refractivity contribution in [3.8, 4) is 0 Å². The SMILES string of the molecule is O=c1c(Cl)c(Cl)ncn1Cc1cncs1. The van der Waals surface area contributed by atoms with Gasteiger partial charge in [-0.15, -0.1) is 11.3 Å². The molecule has 15 heavy (non-hydrogen) atoms. The van der Waals surface area contributed by atoms with Crippen molar-refractivity contribution in [3.63, 3.8) is 0 Å². The topological polar surface area (TPSA) is 47.8 Å². The summed E-state index contributed by atoms with van der Waals surface area (Å²) >= 11 is 12.7. The molecule has 0 aromatic carbocycles. The van der Waals surface area contributed by atoms with Gasteiger partial charge in [-0.25, -0.2) is 4.98 Å². The molecular weight excluding hydrogens is 257 g/mol. The van der Waals surface area contributed by atoms with Gasteiger partial charge in [-0.3, -0.25) is 14.3 Å². The van der Waals surface area contributed by atoms with Gasteiger partial charge in [0.25, 0.3) is 5.56 Å². The van der Waals surface area contributed by atoms with Crippen molar-refractivity contribution in [3.05, 3.63) is 43.4 Å². The van der Waals surface area contributed by atoms with Crippen LogP contribution in [0, 0.1) is 0 Å². The van der Waals surface area contributed by atoms with Gasteiger partial charge in [-0.1, -0.05) is 23.2 Å². The van der Waals surface area contributed by atoms with Gasteiger partial charge < -0.3 is 0 Å². The van der Waals surface area contributed by atoms with E-state index in [1.807, 2.05) is 0 Å². The van der Waals surface area contributed by atoms with Gasteiger partial charge >= 0.3 is 0 Å². The molecule has 0 radical (unpaired) electrons. The third-order valence-corrected chi connectivity index (χ3v) is 3.24. The number of rotatable bonds is 2. The number of hydrogen-bond acceptors (Lipinski definition) is 4. The van der Waals surface area contributed by atoms with Crippen LogP contribution in [0.4, 0.5) is 0 Å². The monoisotopic (exact) mass is 261 g/mol. The van der Waals surface area contributed by atoms with Crippen molar-refractivity contribution in [1.29, 1.82) is 0 Å². The van der Waals surface area contributed by atoms with E-state index in [1.165, 1.54) is 22.2 Å². The Morgan fingerprint density at radius 1 is 1.47 bits per heavy atom. The van der Waals surface area contributed by atoms with Crippen molar-refractivity contribution < 1.29 is 0 Å². The minimum absolute atomic E-state index is 0.0298. The molecule has 0 saturated carbocycles. The molecule has 0 aliphatic heterocycles. The first-order valence-corrected chi connectivity index (χ1v) is 5.60. The van der Waals surface area contributed by atoms with E-state index < -0.39 is 0 Å². The number of halogens is 2. The van der Waals surface area contributed by atoms with E-state index in [0.29, 0.717) is 6.54 Å². The van der Waals surface area contributed by atoms with Gasteiger partial charge in [-0.05, 0) is 0 Å². The van der Waals surface area contributed by atoms with Crippen LogP contribution in [0.5, 0.6) is 0 Å². The Balaban J connectivity index is 2.38. The normalized spacial score (nSPS) is 10.5. The smallest absolute Gasteiger partial charge is 0.274 e. The van der Waals surface area contributed by atoms with Crippen molar-refractivity contribution in [2.24, 2.45) is 0 Å². The zero-order valence-electron chi connectivity index (χ0n) is 7.35. The van der Waals surface area contributed by atoms with Crippen LogP contribution < -0.4 is 5.56 Å². The van der Waals surface area contributed by atoms with E-state index >= 15 is 0 Å². The highest BCUT2D eigenvalue weighted by Crippen LogP contribution is 2.13. The molecule has 0 N–H and O–H groups in total. The maximum atomic E-state index is 11.6. The summed E-state index contributed by atoms with van der Waals surface area (Å²) < 4.78 is 1.39. The molecule has 0 amide bonds. The highest BCUT2D eigenvalue weighted by Gasteiger charge is 2.07. The Labute approximate surface area is 99.1 Å². The zero-order valence-corrected chi connectivity index (χ0v) is 9.68. The fourth-order valence-corrected chi connectivity index (χ4v) is 1.92. The van der Waals surface area contributed by atoms with E-state index in [0.717, 1.165) is 4.88 Å². The average Bonchev–Trinajstić information content (AvgIpc) is 2.72. The third-order valence-electron chi connectivity index (χ3n) is 1.75. The Hall–Kier alpha value is -0.910. The van der Waals surface area contributed by atoms with Gasteiger partial charge in [0.05, 0.1) is 18.4 Å². The van der Waals surface area contributed by atoms with Crippen molar-refractivity contribution in [2.45, 2.75) is 6.54 Å². The number of thiazole rings is 1. The molecule has 2 heterocycles. The van der Waals surface area contributed by atoms with Gasteiger partial charge in [0.15, 0.2) is 5.15 Å². The van der Waals surface area contributed by atoms with Gasteiger partial charge in [0, 0.05) is 11.1 Å². The van der Waals surface area contributed by atoms with E-state index in [2.05, 4.69) is 9.97 Å². The molecule has 7 heteroatoms. The largest absolute Gasteiger partial charge is 0.293 e. The summed E-state index contributed by atoms with van der Waals surface area (Å²) in [7, 11) is 0. The lowest BCUT2D eigenvalue weighted by atomic mass is 10.5. The first-order chi connectivity index (χ1) is 7.18. The van der Waals surface area contributed by atoms with Crippen LogP contribution >= 0.6 is 34.5 Å². The summed E-state index contributed by atoms with van der Waals surface area (Å²) in [4.78, 5) is 20.3. The lowest BCUT2D eigenvalue weighted by molar-refractivity contribution is 0.744. The summed E-state index contributed by atoms with van der Waals surface area (Å²) in [5.41, 5.74) is 1.36. The summed E-state index contributed by atoms with van der Waals surface area (Å²) in [5.74, 6) is 0. The molecule has 0 saturated heterocycles. The second-order valence-corrected chi connectivity index (χ2v) is 4.46. The van der Waals surface area contributed by atoms with Crippen LogP contribution in [0.25, 0.3) is 0 Å². The molecule has 2 aromatic rings. The predicted octanol–water partition coefficient (Wildman–Crippen LogP) is 2.05. The van der Waals surface area contributed by atoms with E-state index in [-0.39, 0.29) is 15.7 Å². The van der Waals surface area contributed by atoms with Gasteiger partial charge in [0.1, 0.15) is 5.02 Å². The van der Waals surface area contributed by atoms with E-state index in [4.69, 9.17) is 23.2 Å². The van der Waals surface area contributed by atoms with Crippen LogP contribution in [0.15, 0.2) is 22.8 Å². The molecule has 78 valence electrons. The standard InChI is InChI=1S/C8H5Cl2N3OS/c9-6-7(10)12-3-13(8(6)14)2-5-1-11-4-15-5/h1,3-4H,2H2. The fraction of sp³-hybridized carbons (Fsp3) is 0.125. The maximum Gasteiger partial charge on any atom is 0.274 e. The Morgan fingerprint density at radius 3 is 2.93 bits per heavy atom. The minimum atomic E-state index is -0.343. The summed E-state index contributed by atoms with van der Waals surface area (Å²) in [6, 6.07) is 0. The van der Waals surface area contributed by atoms with Crippen LogP contribution in [-0.4, -0.2) is 14.5 Å². The molecule has 2 rings (SSSR count). The highest BCUT2D eigenvalue weighted by molar-refractivity contribution is 7.09. The molecule has 0 unspecified atom stereocenters. The van der Waals surface area contributed by atoms with E-state index in [9.17, 15) is 4.79 Å². The molecule has 2 aromatic heterocycles. The quantitative estimate of drug-likeness (QED) is 0.778. The third kappa shape index (κ3) is 2.19. The Morgan fingerprint density at radius 2 is 2.27 bits per heavy atom. The number of nitrogens with zero attached hydrogens (tertiary/aromatic N) is 3. The van der Waals surface area contributed by atoms with Crippen molar-refractivity contribution >= 4 is 34.5 Å². The number of aromatic nitrogens is 3. The molecule has 0 aliphatic carbocycles. The summed E-state index contributed by atoms with van der Waals surface area (Å²) in [5, 5.41) is -0.0223. The fourth-order valence-electron chi connectivity index (χ4n) is 1.04. The Bertz CT molecular complexity index is 523. The van der Waals surface area contributed by atoms with Crippen molar-refractivity contribution in [2.75, 3.05) is 0 Å². The second kappa shape index (κ2) is 4.30. The molecule has 0 spiro atoms. The predicted molar refractivity (Wildman–Crippen MR) is 59.7 cm³/mol. The lowest BCUT2D eigenvalue weighted by Crippen LogP contribution is -2.21. The van der Waals surface area contributed by atoms with Crippen LogP contribution in [0.2, 0.25) is 10.2 Å². The van der Waals surface area contributed by atoms with Crippen LogP contribution in [0.3, 0.4) is 0 Å². The van der Waals surface area contributed by atoms with E-state index in [1.54, 1.807) is 11.7 Å². The van der Waals surface area contributed by atoms with Gasteiger partial charge in [0.2, 0.25) is 0 Å². The highest BCUT2D eigenvalue weighted by atomic mass is 35.5. The zero-order chi connectivity index (χ0) is 10.8. The molecule has 0 atom stereocenters. The maximum absolute atomic E-state index is 11.6. The molecule has 4 nitrogen and oxygen atoms in total. The number of hydrogen-bond donors (Lipinski definition) is 0. The molecule has 0 aliphatic rings. The first kappa shape index (κ1) is 10.6. The summed E-state index contributed by atoms with van der Waals surface area (Å²) in [6.45, 7) is 0.410. The summed E-state index contributed by atoms with van der Waals surface area (Å²) in [6.07, 6.45) is 3.07. The molecular formula is C8H5Cl2N3OS. The average molecular weight is 262 g/mol. The van der Waals surface area contributed by atoms with Crippen molar-refractivity contribution in [1.82, 2.24) is 14.5 Å². The molecule has 0 bridgehead atoms. The van der Waals surface area contributed by atoms with Crippen LogP contribution in [-0.2, 0) is 6.54 Å². The van der Waals surface area contributed by atoms with Gasteiger partial charge in [-0.2, -0.15) is 0 Å². The minimum Gasteiger partial charge on any atom is -0.293 e. The van der Waals surface area contributed by atoms with Crippen LogP contribution in [0.1, 0.15) is 4.88 Å². The second-order valence-electron chi connectivity index (χ2n) is 2.75. The lowest BCUT2D eigenvalue weighted by Gasteiger charge is -2.03.